The lowest BCUT2D eigenvalue weighted by Crippen LogP contribution is -2.25. The highest BCUT2D eigenvalue weighted by Crippen LogP contribution is 2.42. The average molecular weight is 362 g/mol. The smallest absolute Gasteiger partial charge is 0.395 e. The van der Waals surface area contributed by atoms with Gasteiger partial charge in [0.1, 0.15) is 0 Å². The molecule has 0 radical (unpaired) electrons. The van der Waals surface area contributed by atoms with Gasteiger partial charge < -0.3 is 14.8 Å². The number of hydrogen-bond acceptors (Lipinski definition) is 4. The molecule has 0 fully saturated rings. The van der Waals surface area contributed by atoms with Crippen molar-refractivity contribution >= 4 is 38.9 Å². The Balaban J connectivity index is 1.78. The molecule has 0 atom stereocenters. The lowest BCUT2D eigenvalue weighted by atomic mass is 10.2. The molecule has 4 nitrogen and oxygen atoms in total. The number of thiophene rings is 1. The van der Waals surface area contributed by atoms with E-state index in [2.05, 4.69) is 30.7 Å². The molecule has 0 saturated heterocycles. The van der Waals surface area contributed by atoms with Gasteiger partial charge in [-0.3, -0.25) is 4.79 Å². The van der Waals surface area contributed by atoms with Gasteiger partial charge in [-0.2, -0.15) is 0 Å². The zero-order valence-corrected chi connectivity index (χ0v) is 12.1. The van der Waals surface area contributed by atoms with Gasteiger partial charge in [0.05, 0.1) is 9.35 Å². The van der Waals surface area contributed by atoms with Crippen molar-refractivity contribution in [1.82, 2.24) is 0 Å². The molecule has 0 bridgehead atoms. The van der Waals surface area contributed by atoms with Crippen LogP contribution in [0.3, 0.4) is 0 Å². The summed E-state index contributed by atoms with van der Waals surface area (Å²) < 4.78 is 35.1. The summed E-state index contributed by atoms with van der Waals surface area (Å²) in [6, 6.07) is 5.73. The maximum Gasteiger partial charge on any atom is 0.586 e. The molecule has 3 rings (SSSR count). The van der Waals surface area contributed by atoms with Gasteiger partial charge in [0, 0.05) is 17.1 Å². The summed E-state index contributed by atoms with van der Waals surface area (Å²) in [5, 5.41) is 4.28. The molecule has 2 heterocycles. The summed E-state index contributed by atoms with van der Waals surface area (Å²) in [6.07, 6.45) is -3.66. The molecular formula is C12H6BrF2NO3S. The van der Waals surface area contributed by atoms with Crippen molar-refractivity contribution in [3.8, 4) is 11.5 Å². The number of nitrogens with one attached hydrogen (secondary N) is 1. The first-order valence-corrected chi connectivity index (χ1v) is 7.05. The van der Waals surface area contributed by atoms with Crippen LogP contribution in [-0.2, 0) is 0 Å². The van der Waals surface area contributed by atoms with E-state index in [1.54, 1.807) is 11.4 Å². The van der Waals surface area contributed by atoms with E-state index in [4.69, 9.17) is 0 Å². The van der Waals surface area contributed by atoms with E-state index >= 15 is 0 Å². The number of rotatable bonds is 2. The van der Waals surface area contributed by atoms with Gasteiger partial charge in [-0.1, -0.05) is 0 Å². The Morgan fingerprint density at radius 1 is 1.25 bits per heavy atom. The number of benzene rings is 1. The zero-order valence-electron chi connectivity index (χ0n) is 9.65. The number of anilines is 1. The quantitative estimate of drug-likeness (QED) is 0.876. The van der Waals surface area contributed by atoms with Crippen LogP contribution >= 0.6 is 27.3 Å². The molecule has 0 unspecified atom stereocenters. The minimum Gasteiger partial charge on any atom is -0.395 e. The molecule has 0 spiro atoms. The highest BCUT2D eigenvalue weighted by Gasteiger charge is 2.43. The number of carbonyl (C=O) groups is 1. The standard InChI is InChI=1S/C12H6BrF2NO3S/c13-10-3-6(5-20-10)11(17)16-7-1-2-8-9(4-7)19-12(14,15)18-8/h1-5H,(H,16,17). The molecule has 1 aromatic heterocycles. The summed E-state index contributed by atoms with van der Waals surface area (Å²) in [5.41, 5.74) is 0.822. The second-order valence-corrected chi connectivity index (χ2v) is 6.21. The largest absolute Gasteiger partial charge is 0.586 e. The maximum absolute atomic E-state index is 12.9. The molecule has 0 aliphatic carbocycles. The lowest BCUT2D eigenvalue weighted by Gasteiger charge is -2.05. The molecule has 1 aliphatic heterocycles. The van der Waals surface area contributed by atoms with Crippen molar-refractivity contribution in [2.45, 2.75) is 6.29 Å². The first kappa shape index (κ1) is 13.3. The predicted octanol–water partition coefficient (Wildman–Crippen LogP) is 4.08. The van der Waals surface area contributed by atoms with Crippen LogP contribution < -0.4 is 14.8 Å². The fourth-order valence-corrected chi connectivity index (χ4v) is 2.80. The Labute approximate surface area is 124 Å². The SMILES string of the molecule is O=C(Nc1ccc2c(c1)OC(F)(F)O2)c1csc(Br)c1. The van der Waals surface area contributed by atoms with Crippen LogP contribution in [0, 0.1) is 0 Å². The van der Waals surface area contributed by atoms with E-state index in [0.717, 1.165) is 3.79 Å². The number of carbonyl (C=O) groups excluding carboxylic acids is 1. The summed E-state index contributed by atoms with van der Waals surface area (Å²) in [5.74, 6) is -0.511. The summed E-state index contributed by atoms with van der Waals surface area (Å²) in [4.78, 5) is 11.9. The van der Waals surface area contributed by atoms with E-state index in [0.29, 0.717) is 11.3 Å². The van der Waals surface area contributed by atoms with Crippen molar-refractivity contribution < 1.29 is 23.0 Å². The van der Waals surface area contributed by atoms with Crippen LogP contribution in [0.4, 0.5) is 14.5 Å². The van der Waals surface area contributed by atoms with E-state index < -0.39 is 6.29 Å². The molecule has 104 valence electrons. The summed E-state index contributed by atoms with van der Waals surface area (Å²) >= 11 is 4.63. The zero-order chi connectivity index (χ0) is 14.3. The first-order chi connectivity index (χ1) is 9.43. The van der Waals surface area contributed by atoms with Gasteiger partial charge >= 0.3 is 6.29 Å². The number of hydrogen-bond donors (Lipinski definition) is 1. The molecule has 1 aromatic carbocycles. The summed E-state index contributed by atoms with van der Waals surface area (Å²) in [7, 11) is 0. The topological polar surface area (TPSA) is 47.6 Å². The van der Waals surface area contributed by atoms with Crippen LogP contribution in [0.5, 0.6) is 11.5 Å². The number of alkyl halides is 2. The highest BCUT2D eigenvalue weighted by atomic mass is 79.9. The monoisotopic (exact) mass is 361 g/mol. The van der Waals surface area contributed by atoms with Crippen molar-refractivity contribution in [3.63, 3.8) is 0 Å². The molecule has 1 amide bonds. The Morgan fingerprint density at radius 3 is 2.70 bits per heavy atom. The molecule has 20 heavy (non-hydrogen) atoms. The highest BCUT2D eigenvalue weighted by molar-refractivity contribution is 9.11. The van der Waals surface area contributed by atoms with E-state index in [1.165, 1.54) is 29.5 Å². The van der Waals surface area contributed by atoms with Crippen LogP contribution in [0.2, 0.25) is 0 Å². The van der Waals surface area contributed by atoms with E-state index in [9.17, 15) is 13.6 Å². The van der Waals surface area contributed by atoms with Crippen molar-refractivity contribution in [1.29, 1.82) is 0 Å². The second-order valence-electron chi connectivity index (χ2n) is 3.92. The van der Waals surface area contributed by atoms with Gasteiger partial charge in [-0.15, -0.1) is 20.1 Å². The number of halogens is 3. The van der Waals surface area contributed by atoms with Crippen LogP contribution in [0.1, 0.15) is 10.4 Å². The van der Waals surface area contributed by atoms with Crippen molar-refractivity contribution in [3.05, 3.63) is 39.0 Å². The fourth-order valence-electron chi connectivity index (χ4n) is 1.66. The predicted molar refractivity (Wildman–Crippen MR) is 72.6 cm³/mol. The maximum atomic E-state index is 12.9. The van der Waals surface area contributed by atoms with E-state index in [1.807, 2.05) is 0 Å². The van der Waals surface area contributed by atoms with Crippen molar-refractivity contribution in [2.75, 3.05) is 5.32 Å². The van der Waals surface area contributed by atoms with Gasteiger partial charge in [0.25, 0.3) is 5.91 Å². The lowest BCUT2D eigenvalue weighted by molar-refractivity contribution is -0.286. The third-order valence-corrected chi connectivity index (χ3v) is 3.99. The van der Waals surface area contributed by atoms with E-state index in [-0.39, 0.29) is 17.4 Å². The first-order valence-electron chi connectivity index (χ1n) is 5.38. The Bertz CT molecular complexity index is 689. The minimum atomic E-state index is -3.66. The van der Waals surface area contributed by atoms with Crippen LogP contribution in [0.25, 0.3) is 0 Å². The number of amides is 1. The second kappa shape index (κ2) is 4.71. The average Bonchev–Trinajstić information content (AvgIpc) is 2.90. The minimum absolute atomic E-state index is 0.0636. The Hall–Kier alpha value is -1.67. The van der Waals surface area contributed by atoms with Crippen LogP contribution in [0.15, 0.2) is 33.4 Å². The van der Waals surface area contributed by atoms with Gasteiger partial charge in [0.15, 0.2) is 11.5 Å². The molecule has 1 N–H and O–H groups in total. The van der Waals surface area contributed by atoms with Gasteiger partial charge in [-0.25, -0.2) is 0 Å². The normalized spacial score (nSPS) is 15.2. The fraction of sp³-hybridized carbons (Fsp3) is 0.0833. The number of fused-ring (bicyclic) bond motifs is 1. The third kappa shape index (κ3) is 2.61. The van der Waals surface area contributed by atoms with Crippen molar-refractivity contribution in [2.24, 2.45) is 0 Å². The molecule has 8 heteroatoms. The Morgan fingerprint density at radius 2 is 2.00 bits per heavy atom. The van der Waals surface area contributed by atoms with Gasteiger partial charge in [0.2, 0.25) is 0 Å². The van der Waals surface area contributed by atoms with Crippen LogP contribution in [-0.4, -0.2) is 12.2 Å². The molecular weight excluding hydrogens is 356 g/mol. The number of ether oxygens (including phenoxy) is 2. The van der Waals surface area contributed by atoms with Gasteiger partial charge in [-0.05, 0) is 34.1 Å². The summed E-state index contributed by atoms with van der Waals surface area (Å²) in [6.45, 7) is 0. The molecule has 1 aliphatic rings. The third-order valence-electron chi connectivity index (χ3n) is 2.49. The Kier molecular flexibility index (Phi) is 3.14. The molecule has 2 aromatic rings. The molecule has 0 saturated carbocycles.